The predicted octanol–water partition coefficient (Wildman–Crippen LogP) is 3.02. The number of nitrogens with one attached hydrogen (secondary N) is 1. The molecule has 0 heterocycles. The number of sulfone groups is 1. The molecule has 0 aromatic heterocycles. The van der Waals surface area contributed by atoms with Crippen LogP contribution in [0.15, 0.2) is 53.4 Å². The molecule has 0 aliphatic heterocycles. The maximum atomic E-state index is 12.6. The summed E-state index contributed by atoms with van der Waals surface area (Å²) in [5.41, 5.74) is -5.25. The van der Waals surface area contributed by atoms with E-state index in [-0.39, 0.29) is 16.8 Å². The zero-order valence-corrected chi connectivity index (χ0v) is 14.0. The molecular formula is C16H12F3NO5S. The zero-order valence-electron chi connectivity index (χ0n) is 13.2. The molecule has 2 aromatic rings. The number of alkyl halides is 3. The molecule has 0 radical (unpaired) electrons. The Kier molecular flexibility index (Phi) is 5.36. The van der Waals surface area contributed by atoms with Gasteiger partial charge in [0, 0.05) is 11.3 Å². The summed E-state index contributed by atoms with van der Waals surface area (Å²) in [4.78, 5) is 22.5. The predicted molar refractivity (Wildman–Crippen MR) is 85.4 cm³/mol. The fourth-order valence-electron chi connectivity index (χ4n) is 1.95. The van der Waals surface area contributed by atoms with Gasteiger partial charge in [0.15, 0.2) is 0 Å². The van der Waals surface area contributed by atoms with Crippen LogP contribution in [-0.2, 0) is 14.6 Å². The summed E-state index contributed by atoms with van der Waals surface area (Å²) in [5.74, 6) is -1.29. The molecule has 0 saturated heterocycles. The molecule has 2 rings (SSSR count). The van der Waals surface area contributed by atoms with Crippen LogP contribution in [0, 0.1) is 0 Å². The summed E-state index contributed by atoms with van der Waals surface area (Å²) < 4.78 is 65.1. The second-order valence-corrected chi connectivity index (χ2v) is 6.94. The quantitative estimate of drug-likeness (QED) is 0.815. The Labute approximate surface area is 146 Å². The fraction of sp³-hybridized carbons (Fsp3) is 0.125. The van der Waals surface area contributed by atoms with Crippen molar-refractivity contribution in [2.75, 3.05) is 12.4 Å². The number of hydrogen-bond donors (Lipinski definition) is 1. The number of carbonyl (C=O) groups is 2. The van der Waals surface area contributed by atoms with Crippen molar-refractivity contribution < 1.29 is 35.9 Å². The third-order valence-electron chi connectivity index (χ3n) is 3.28. The molecule has 1 N–H and O–H groups in total. The maximum Gasteiger partial charge on any atom is 0.501 e. The van der Waals surface area contributed by atoms with Gasteiger partial charge < -0.3 is 10.1 Å². The van der Waals surface area contributed by atoms with Crippen molar-refractivity contribution in [3.63, 3.8) is 0 Å². The minimum Gasteiger partial charge on any atom is -0.465 e. The second kappa shape index (κ2) is 7.16. The molecular weight excluding hydrogens is 375 g/mol. The molecule has 138 valence electrons. The van der Waals surface area contributed by atoms with Crippen LogP contribution < -0.4 is 5.32 Å². The normalized spacial score (nSPS) is 11.7. The average molecular weight is 387 g/mol. The Morgan fingerprint density at radius 1 is 1.00 bits per heavy atom. The Bertz CT molecular complexity index is 937. The number of anilines is 1. The molecule has 0 spiro atoms. The summed E-state index contributed by atoms with van der Waals surface area (Å²) in [5, 5.41) is 2.30. The average Bonchev–Trinajstić information content (AvgIpc) is 2.60. The van der Waals surface area contributed by atoms with Crippen molar-refractivity contribution in [1.29, 1.82) is 0 Å². The van der Waals surface area contributed by atoms with Crippen LogP contribution in [-0.4, -0.2) is 32.9 Å². The second-order valence-electron chi connectivity index (χ2n) is 5.00. The van der Waals surface area contributed by atoms with E-state index in [0.29, 0.717) is 6.07 Å². The van der Waals surface area contributed by atoms with Crippen molar-refractivity contribution in [3.8, 4) is 0 Å². The molecule has 0 fully saturated rings. The third kappa shape index (κ3) is 4.02. The number of amides is 1. The molecule has 0 atom stereocenters. The first-order valence-electron chi connectivity index (χ1n) is 6.97. The molecule has 0 aliphatic rings. The number of methoxy groups -OCH3 is 1. The topological polar surface area (TPSA) is 89.5 Å². The molecule has 2 aromatic carbocycles. The monoisotopic (exact) mass is 387 g/mol. The minimum atomic E-state index is -5.52. The Hall–Kier alpha value is -2.88. The number of halogens is 3. The highest BCUT2D eigenvalue weighted by Crippen LogP contribution is 2.31. The Morgan fingerprint density at radius 3 is 2.12 bits per heavy atom. The lowest BCUT2D eigenvalue weighted by Gasteiger charge is -2.10. The number of rotatable bonds is 4. The molecule has 26 heavy (non-hydrogen) atoms. The van der Waals surface area contributed by atoms with Crippen molar-refractivity contribution in [1.82, 2.24) is 0 Å². The molecule has 10 heteroatoms. The lowest BCUT2D eigenvalue weighted by Crippen LogP contribution is -2.23. The molecule has 0 saturated carbocycles. The summed E-state index contributed by atoms with van der Waals surface area (Å²) in [6.45, 7) is 0. The van der Waals surface area contributed by atoms with E-state index in [1.807, 2.05) is 0 Å². The smallest absolute Gasteiger partial charge is 0.465 e. The van der Waals surface area contributed by atoms with Gasteiger partial charge in [0.05, 0.1) is 17.6 Å². The summed E-state index contributed by atoms with van der Waals surface area (Å²) in [7, 11) is -4.32. The van der Waals surface area contributed by atoms with E-state index in [4.69, 9.17) is 0 Å². The molecule has 0 aliphatic carbocycles. The van der Waals surface area contributed by atoms with Crippen LogP contribution in [0.5, 0.6) is 0 Å². The van der Waals surface area contributed by atoms with E-state index in [1.54, 1.807) is 0 Å². The first-order chi connectivity index (χ1) is 12.1. The van der Waals surface area contributed by atoms with Crippen LogP contribution in [0.2, 0.25) is 0 Å². The van der Waals surface area contributed by atoms with Crippen LogP contribution >= 0.6 is 0 Å². The van der Waals surface area contributed by atoms with E-state index in [2.05, 4.69) is 10.1 Å². The van der Waals surface area contributed by atoms with Gasteiger partial charge in [0.2, 0.25) is 0 Å². The largest absolute Gasteiger partial charge is 0.501 e. The van der Waals surface area contributed by atoms with Crippen molar-refractivity contribution in [2.45, 2.75) is 10.4 Å². The van der Waals surface area contributed by atoms with E-state index < -0.39 is 32.1 Å². The van der Waals surface area contributed by atoms with Crippen LogP contribution in [0.3, 0.4) is 0 Å². The summed E-state index contributed by atoms with van der Waals surface area (Å²) >= 11 is 0. The number of esters is 1. The van der Waals surface area contributed by atoms with Crippen molar-refractivity contribution in [3.05, 3.63) is 59.7 Å². The zero-order chi connectivity index (χ0) is 19.5. The van der Waals surface area contributed by atoms with E-state index in [9.17, 15) is 31.2 Å². The molecule has 1 amide bonds. The summed E-state index contributed by atoms with van der Waals surface area (Å²) in [6, 6.07) is 9.13. The molecule has 0 unspecified atom stereocenters. The first-order valence-corrected chi connectivity index (χ1v) is 8.46. The van der Waals surface area contributed by atoms with Crippen molar-refractivity contribution >= 4 is 27.4 Å². The highest BCUT2D eigenvalue weighted by molar-refractivity contribution is 7.92. The van der Waals surface area contributed by atoms with Gasteiger partial charge >= 0.3 is 11.5 Å². The lowest BCUT2D eigenvalue weighted by molar-refractivity contribution is -0.0436. The number of carbonyl (C=O) groups excluding carboxylic acids is 2. The van der Waals surface area contributed by atoms with Gasteiger partial charge in [-0.25, -0.2) is 13.2 Å². The van der Waals surface area contributed by atoms with Gasteiger partial charge in [-0.2, -0.15) is 13.2 Å². The van der Waals surface area contributed by atoms with Gasteiger partial charge in [0.25, 0.3) is 15.7 Å². The summed E-state index contributed by atoms with van der Waals surface area (Å²) in [6.07, 6.45) is 0. The third-order valence-corrected chi connectivity index (χ3v) is 4.76. The van der Waals surface area contributed by atoms with Gasteiger partial charge in [-0.15, -0.1) is 0 Å². The highest BCUT2D eigenvalue weighted by atomic mass is 32.2. The van der Waals surface area contributed by atoms with Crippen LogP contribution in [0.25, 0.3) is 0 Å². The van der Waals surface area contributed by atoms with Gasteiger partial charge in [-0.1, -0.05) is 6.07 Å². The number of ether oxygens (including phenoxy) is 1. The van der Waals surface area contributed by atoms with Gasteiger partial charge in [-0.05, 0) is 42.5 Å². The van der Waals surface area contributed by atoms with E-state index in [0.717, 1.165) is 12.1 Å². The number of hydrogen-bond acceptors (Lipinski definition) is 5. The highest BCUT2D eigenvalue weighted by Gasteiger charge is 2.46. The van der Waals surface area contributed by atoms with Crippen LogP contribution in [0.1, 0.15) is 20.7 Å². The van der Waals surface area contributed by atoms with Crippen molar-refractivity contribution in [2.24, 2.45) is 0 Å². The van der Waals surface area contributed by atoms with Gasteiger partial charge in [-0.3, -0.25) is 4.79 Å². The Balaban J connectivity index is 2.23. The minimum absolute atomic E-state index is 0.113. The lowest BCUT2D eigenvalue weighted by atomic mass is 10.1. The van der Waals surface area contributed by atoms with Crippen LogP contribution in [0.4, 0.5) is 18.9 Å². The molecule has 0 bridgehead atoms. The van der Waals surface area contributed by atoms with E-state index in [1.165, 1.54) is 37.4 Å². The SMILES string of the molecule is COC(=O)c1ccc(C(=O)Nc2cccc(S(=O)(=O)C(F)(F)F)c2)cc1. The molecule has 6 nitrogen and oxygen atoms in total. The van der Waals surface area contributed by atoms with Gasteiger partial charge in [0.1, 0.15) is 0 Å². The number of benzene rings is 2. The Morgan fingerprint density at radius 2 is 1.58 bits per heavy atom. The maximum absolute atomic E-state index is 12.6. The standard InChI is InChI=1S/C16H12F3NO5S/c1-25-15(22)11-7-5-10(6-8-11)14(21)20-12-3-2-4-13(9-12)26(23,24)16(17,18)19/h2-9H,1H3,(H,20,21). The first kappa shape index (κ1) is 19.4. The van der Waals surface area contributed by atoms with E-state index >= 15 is 0 Å². The fourth-order valence-corrected chi connectivity index (χ4v) is 2.76.